The fourth-order valence-electron chi connectivity index (χ4n) is 2.78. The quantitative estimate of drug-likeness (QED) is 0.500. The molecule has 0 amide bonds. The highest BCUT2D eigenvalue weighted by Gasteiger charge is 2.18. The van der Waals surface area contributed by atoms with Gasteiger partial charge in [-0.1, -0.05) is 61.0 Å². The predicted molar refractivity (Wildman–Crippen MR) is 85.7 cm³/mol. The molecule has 19 heavy (non-hydrogen) atoms. The summed E-state index contributed by atoms with van der Waals surface area (Å²) in [5.41, 5.74) is 0.899. The van der Waals surface area contributed by atoms with E-state index in [1.165, 1.54) is 38.5 Å². The lowest BCUT2D eigenvalue weighted by Gasteiger charge is -2.19. The highest BCUT2D eigenvalue weighted by Crippen LogP contribution is 2.34. The summed E-state index contributed by atoms with van der Waals surface area (Å²) in [4.78, 5) is 0. The van der Waals surface area contributed by atoms with Gasteiger partial charge in [0.25, 0.3) is 0 Å². The second-order valence-electron chi connectivity index (χ2n) is 5.37. The lowest BCUT2D eigenvalue weighted by atomic mass is 9.98. The third-order valence-electron chi connectivity index (χ3n) is 4.04. The Morgan fingerprint density at radius 1 is 1.00 bits per heavy atom. The Morgan fingerprint density at radius 3 is 2.47 bits per heavy atom. The van der Waals surface area contributed by atoms with Crippen LogP contribution in [0, 0.1) is 5.92 Å². The fourth-order valence-corrected chi connectivity index (χ4v) is 3.39. The topological polar surface area (TPSA) is 12.0 Å². The summed E-state index contributed by atoms with van der Waals surface area (Å²) in [5, 5.41) is 5.22. The van der Waals surface area contributed by atoms with Crippen molar-refractivity contribution in [3.63, 3.8) is 0 Å². The van der Waals surface area contributed by atoms with Crippen LogP contribution in [0.2, 0.25) is 15.1 Å². The minimum Gasteiger partial charge on any atom is -0.381 e. The first kappa shape index (κ1) is 15.3. The van der Waals surface area contributed by atoms with Crippen LogP contribution >= 0.6 is 34.8 Å². The number of benzene rings is 1. The largest absolute Gasteiger partial charge is 0.381 e. The molecule has 1 aromatic rings. The van der Waals surface area contributed by atoms with Gasteiger partial charge in [-0.3, -0.25) is 0 Å². The van der Waals surface area contributed by atoms with Crippen molar-refractivity contribution in [3.8, 4) is 0 Å². The van der Waals surface area contributed by atoms with E-state index in [0.29, 0.717) is 21.1 Å². The first-order chi connectivity index (χ1) is 9.10. The Balaban J connectivity index is 2.03. The summed E-state index contributed by atoms with van der Waals surface area (Å²) < 4.78 is 0. The van der Waals surface area contributed by atoms with Crippen LogP contribution in [0.1, 0.15) is 45.4 Å². The van der Waals surface area contributed by atoms with Gasteiger partial charge in [-0.15, -0.1) is 0 Å². The van der Waals surface area contributed by atoms with Crippen LogP contribution in [-0.2, 0) is 0 Å². The molecule has 1 saturated carbocycles. The van der Waals surface area contributed by atoms with E-state index >= 15 is 0 Å². The van der Waals surface area contributed by atoms with Crippen molar-refractivity contribution in [2.45, 2.75) is 51.5 Å². The highest BCUT2D eigenvalue weighted by molar-refractivity contribution is 6.44. The minimum atomic E-state index is 0.492. The van der Waals surface area contributed by atoms with Gasteiger partial charge in [0.05, 0.1) is 20.8 Å². The highest BCUT2D eigenvalue weighted by atomic mass is 35.5. The van der Waals surface area contributed by atoms with E-state index in [4.69, 9.17) is 34.8 Å². The zero-order chi connectivity index (χ0) is 13.8. The molecule has 1 aliphatic rings. The third kappa shape index (κ3) is 4.18. The summed E-state index contributed by atoms with van der Waals surface area (Å²) >= 11 is 18.2. The molecule has 0 heterocycles. The van der Waals surface area contributed by atoms with Crippen LogP contribution in [0.4, 0.5) is 5.69 Å². The molecule has 0 aromatic heterocycles. The molecule has 2 rings (SSSR count). The Morgan fingerprint density at radius 2 is 1.74 bits per heavy atom. The molecular weight excluding hydrogens is 301 g/mol. The van der Waals surface area contributed by atoms with Crippen LogP contribution < -0.4 is 5.32 Å². The maximum Gasteiger partial charge on any atom is 0.0653 e. The molecule has 0 spiro atoms. The van der Waals surface area contributed by atoms with E-state index in [2.05, 4.69) is 12.2 Å². The van der Waals surface area contributed by atoms with Crippen molar-refractivity contribution in [1.29, 1.82) is 0 Å². The van der Waals surface area contributed by atoms with Crippen molar-refractivity contribution >= 4 is 40.5 Å². The third-order valence-corrected chi connectivity index (χ3v) is 5.07. The van der Waals surface area contributed by atoms with Crippen molar-refractivity contribution in [3.05, 3.63) is 27.2 Å². The average molecular weight is 321 g/mol. The van der Waals surface area contributed by atoms with Gasteiger partial charge in [0, 0.05) is 6.04 Å². The van der Waals surface area contributed by atoms with Crippen molar-refractivity contribution in [2.75, 3.05) is 5.32 Å². The van der Waals surface area contributed by atoms with Crippen LogP contribution in [0.5, 0.6) is 0 Å². The van der Waals surface area contributed by atoms with Crippen molar-refractivity contribution < 1.29 is 0 Å². The molecule has 2 atom stereocenters. The molecule has 1 nitrogen and oxygen atoms in total. The monoisotopic (exact) mass is 319 g/mol. The summed E-state index contributed by atoms with van der Waals surface area (Å²) in [6.45, 7) is 2.29. The number of nitrogens with one attached hydrogen (secondary N) is 1. The first-order valence-corrected chi connectivity index (χ1v) is 8.14. The molecule has 0 bridgehead atoms. The molecule has 0 saturated heterocycles. The standard InChI is InChI=1S/C15H20Cl3N/c1-2-10-4-3-5-11(7-6-10)19-15-9-13(17)12(16)8-14(15)18/h8-11,19H,2-7H2,1H3. The first-order valence-electron chi connectivity index (χ1n) is 7.01. The van der Waals surface area contributed by atoms with Gasteiger partial charge < -0.3 is 5.32 Å². The van der Waals surface area contributed by atoms with Gasteiger partial charge in [0.2, 0.25) is 0 Å². The lowest BCUT2D eigenvalue weighted by Crippen LogP contribution is -2.18. The Bertz CT molecular complexity index is 434. The van der Waals surface area contributed by atoms with Crippen LogP contribution in [0.25, 0.3) is 0 Å². The molecule has 1 aromatic carbocycles. The summed E-state index contributed by atoms with van der Waals surface area (Å²) in [6.07, 6.45) is 7.63. The van der Waals surface area contributed by atoms with E-state index in [9.17, 15) is 0 Å². The Kier molecular flexibility index (Phi) is 5.68. The maximum atomic E-state index is 6.21. The zero-order valence-electron chi connectivity index (χ0n) is 11.2. The second kappa shape index (κ2) is 7.06. The van der Waals surface area contributed by atoms with Gasteiger partial charge in [0.1, 0.15) is 0 Å². The molecule has 2 unspecified atom stereocenters. The zero-order valence-corrected chi connectivity index (χ0v) is 13.5. The predicted octanol–water partition coefficient (Wildman–Crippen LogP) is 6.42. The number of anilines is 1. The second-order valence-corrected chi connectivity index (χ2v) is 6.59. The van der Waals surface area contributed by atoms with E-state index in [0.717, 1.165) is 11.6 Å². The van der Waals surface area contributed by atoms with Crippen molar-refractivity contribution in [1.82, 2.24) is 0 Å². The Labute approximate surface area is 130 Å². The molecule has 1 fully saturated rings. The summed E-state index contributed by atoms with van der Waals surface area (Å²) in [6, 6.07) is 4.03. The normalized spacial score (nSPS) is 24.0. The molecule has 1 N–H and O–H groups in total. The van der Waals surface area contributed by atoms with E-state index in [1.54, 1.807) is 6.07 Å². The van der Waals surface area contributed by atoms with Gasteiger partial charge >= 0.3 is 0 Å². The summed E-state index contributed by atoms with van der Waals surface area (Å²) in [5.74, 6) is 0.885. The molecule has 0 radical (unpaired) electrons. The number of rotatable bonds is 3. The average Bonchev–Trinajstić information content (AvgIpc) is 2.61. The molecule has 0 aliphatic heterocycles. The fraction of sp³-hybridized carbons (Fsp3) is 0.600. The van der Waals surface area contributed by atoms with Gasteiger partial charge in [0.15, 0.2) is 0 Å². The summed E-state index contributed by atoms with van der Waals surface area (Å²) in [7, 11) is 0. The van der Waals surface area contributed by atoms with Gasteiger partial charge in [-0.05, 0) is 37.3 Å². The molecule has 4 heteroatoms. The van der Waals surface area contributed by atoms with Crippen LogP contribution in [0.3, 0.4) is 0 Å². The molecule has 1 aliphatic carbocycles. The van der Waals surface area contributed by atoms with Crippen LogP contribution in [-0.4, -0.2) is 6.04 Å². The minimum absolute atomic E-state index is 0.492. The Hall–Kier alpha value is -0.110. The van der Waals surface area contributed by atoms with E-state index in [-0.39, 0.29) is 0 Å². The maximum absolute atomic E-state index is 6.21. The lowest BCUT2D eigenvalue weighted by molar-refractivity contribution is 0.444. The number of hydrogen-bond acceptors (Lipinski definition) is 1. The molecule has 106 valence electrons. The SMILES string of the molecule is CCC1CCCC(Nc2cc(Cl)c(Cl)cc2Cl)CC1. The van der Waals surface area contributed by atoms with E-state index < -0.39 is 0 Å². The van der Waals surface area contributed by atoms with E-state index in [1.807, 2.05) is 6.07 Å². The number of hydrogen-bond donors (Lipinski definition) is 1. The van der Waals surface area contributed by atoms with Gasteiger partial charge in [-0.25, -0.2) is 0 Å². The molecular formula is C15H20Cl3N. The van der Waals surface area contributed by atoms with Crippen LogP contribution in [0.15, 0.2) is 12.1 Å². The smallest absolute Gasteiger partial charge is 0.0653 e. The number of halogens is 3. The van der Waals surface area contributed by atoms with Gasteiger partial charge in [-0.2, -0.15) is 0 Å². The van der Waals surface area contributed by atoms with Crippen molar-refractivity contribution in [2.24, 2.45) is 5.92 Å².